The summed E-state index contributed by atoms with van der Waals surface area (Å²) in [5.41, 5.74) is -7.38. The Labute approximate surface area is 228 Å². The third kappa shape index (κ3) is 3.77. The molecule has 0 aromatic carbocycles. The smallest absolute Gasteiger partial charge is 0.478 e. The second kappa shape index (κ2) is 9.38. The molecule has 0 amide bonds. The average molecular weight is 551 g/mol. The normalized spacial score (nSPS) is 48.8. The van der Waals surface area contributed by atoms with Crippen molar-refractivity contribution in [1.29, 1.82) is 0 Å². The van der Waals surface area contributed by atoms with Crippen molar-refractivity contribution >= 4 is 17.9 Å². The molecule has 0 aromatic heterocycles. The number of aliphatic hydroxyl groups is 1. The van der Waals surface area contributed by atoms with Crippen LogP contribution < -0.4 is 0 Å². The Morgan fingerprint density at radius 3 is 2.41 bits per heavy atom. The summed E-state index contributed by atoms with van der Waals surface area (Å²) >= 11 is 0. The van der Waals surface area contributed by atoms with Gasteiger partial charge < -0.3 is 19.7 Å². The minimum atomic E-state index is -2.34. The fraction of sp³-hybridized carbons (Fsp3) is 0.767. The number of fused-ring (bicyclic) bond motifs is 5. The van der Waals surface area contributed by atoms with Gasteiger partial charge in [0.2, 0.25) is 5.60 Å². The lowest BCUT2D eigenvalue weighted by Crippen LogP contribution is -2.71. The first-order chi connectivity index (χ1) is 18.2. The fourth-order valence-corrected chi connectivity index (χ4v) is 9.19. The molecule has 0 saturated heterocycles. The monoisotopic (exact) mass is 550 g/mol. The zero-order valence-corrected chi connectivity index (χ0v) is 23.1. The van der Waals surface area contributed by atoms with Gasteiger partial charge in [0.15, 0.2) is 11.5 Å². The van der Waals surface area contributed by atoms with Crippen molar-refractivity contribution in [2.45, 2.75) is 109 Å². The molecule has 0 radical (unpaired) electrons. The highest BCUT2D eigenvalue weighted by molar-refractivity contribution is 6.01. The van der Waals surface area contributed by atoms with E-state index in [1.54, 1.807) is 13.8 Å². The molecule has 0 aliphatic heterocycles. The SMILES string of the molecule is CC[C@H]1CC[C@@H](OC(=O)O[C@]2(C(=O)O)[C@H](C)C[C@H]3[C@@H]4C[C@H](F)C5=CC(=O)C=C[C@]5(C)[C@@]4(F)[C@@H](O)C[C@@]32C)CC1. The number of ketones is 1. The standard InChI is InChI=1S/C30H40F2O7/c1-5-17-6-8-19(9-7-17)38-26(37)39-30(25(35)36)16(2)12-20-21-14-23(31)22-13-18(33)10-11-27(22,3)29(21,32)24(34)15-28(20,30)4/h10-11,13,16-17,19-21,23-24,34H,5-9,12,14-15H2,1-4H3,(H,35,36)/t16-,17-,19+,20+,21+,23+,24+,27+,28+,29+,30+/m1/s1. The molecule has 0 spiro atoms. The van der Waals surface area contributed by atoms with Crippen molar-refractivity contribution in [3.63, 3.8) is 0 Å². The number of halogens is 2. The Hall–Kier alpha value is -2.29. The van der Waals surface area contributed by atoms with E-state index < -0.39 is 70.0 Å². The molecule has 5 aliphatic rings. The summed E-state index contributed by atoms with van der Waals surface area (Å²) in [7, 11) is 0. The van der Waals surface area contributed by atoms with Crippen LogP contribution in [0.2, 0.25) is 0 Å². The molecule has 7 nitrogen and oxygen atoms in total. The second-order valence-corrected chi connectivity index (χ2v) is 13.1. The number of hydrogen-bond donors (Lipinski definition) is 2. The molecule has 5 aliphatic carbocycles. The van der Waals surface area contributed by atoms with E-state index in [1.165, 1.54) is 19.1 Å². The van der Waals surface area contributed by atoms with Crippen molar-refractivity contribution < 1.29 is 42.9 Å². The first kappa shape index (κ1) is 28.2. The molecule has 0 heterocycles. The molecule has 4 saturated carbocycles. The van der Waals surface area contributed by atoms with Gasteiger partial charge >= 0.3 is 12.1 Å². The van der Waals surface area contributed by atoms with Gasteiger partial charge in [-0.1, -0.05) is 33.3 Å². The molecular formula is C30H40F2O7. The predicted molar refractivity (Wildman–Crippen MR) is 137 cm³/mol. The number of aliphatic hydroxyl groups excluding tert-OH is 1. The Balaban J connectivity index is 1.47. The van der Waals surface area contributed by atoms with E-state index in [1.807, 2.05) is 0 Å². The number of aliphatic carboxylic acids is 1. The summed E-state index contributed by atoms with van der Waals surface area (Å²) in [5, 5.41) is 22.1. The van der Waals surface area contributed by atoms with E-state index in [-0.39, 0.29) is 30.9 Å². The van der Waals surface area contributed by atoms with Crippen LogP contribution in [0, 0.1) is 34.5 Å². The number of allylic oxidation sites excluding steroid dienone is 4. The Morgan fingerprint density at radius 1 is 1.13 bits per heavy atom. The number of alkyl halides is 2. The van der Waals surface area contributed by atoms with E-state index in [2.05, 4.69) is 6.92 Å². The summed E-state index contributed by atoms with van der Waals surface area (Å²) in [6, 6.07) is 0. The highest BCUT2D eigenvalue weighted by atomic mass is 19.1. The maximum absolute atomic E-state index is 17.4. The molecule has 4 fully saturated rings. The molecule has 9 heteroatoms. The van der Waals surface area contributed by atoms with Crippen molar-refractivity contribution in [2.24, 2.45) is 34.5 Å². The summed E-state index contributed by atoms with van der Waals surface area (Å²) in [4.78, 5) is 38.1. The number of rotatable bonds is 4. The Bertz CT molecular complexity index is 1110. The molecule has 5 rings (SSSR count). The van der Waals surface area contributed by atoms with E-state index >= 15 is 8.78 Å². The van der Waals surface area contributed by atoms with E-state index in [9.17, 15) is 24.6 Å². The average Bonchev–Trinajstić information content (AvgIpc) is 3.09. The van der Waals surface area contributed by atoms with Crippen LogP contribution in [0.5, 0.6) is 0 Å². The van der Waals surface area contributed by atoms with Crippen molar-refractivity contribution in [3.05, 3.63) is 23.8 Å². The lowest BCUT2D eigenvalue weighted by atomic mass is 9.44. The lowest BCUT2D eigenvalue weighted by molar-refractivity contribution is -0.232. The molecule has 0 bridgehead atoms. The maximum Gasteiger partial charge on any atom is 0.509 e. The fourth-order valence-electron chi connectivity index (χ4n) is 9.19. The largest absolute Gasteiger partial charge is 0.509 e. The van der Waals surface area contributed by atoms with Crippen molar-refractivity contribution in [3.8, 4) is 0 Å². The van der Waals surface area contributed by atoms with Crippen molar-refractivity contribution in [1.82, 2.24) is 0 Å². The lowest BCUT2D eigenvalue weighted by Gasteiger charge is -2.62. The number of carboxylic acids is 1. The quantitative estimate of drug-likeness (QED) is 0.445. The topological polar surface area (TPSA) is 110 Å². The zero-order valence-electron chi connectivity index (χ0n) is 23.1. The van der Waals surface area contributed by atoms with Crippen LogP contribution in [0.4, 0.5) is 13.6 Å². The summed E-state index contributed by atoms with van der Waals surface area (Å²) in [6.45, 7) is 6.88. The predicted octanol–water partition coefficient (Wildman–Crippen LogP) is 5.50. The summed E-state index contributed by atoms with van der Waals surface area (Å²) in [6.07, 6.45) is 2.72. The van der Waals surface area contributed by atoms with E-state index in [0.717, 1.165) is 25.3 Å². The van der Waals surface area contributed by atoms with Gasteiger partial charge in [-0.25, -0.2) is 18.4 Å². The van der Waals surface area contributed by atoms with Gasteiger partial charge in [0.1, 0.15) is 12.3 Å². The van der Waals surface area contributed by atoms with Crippen molar-refractivity contribution in [2.75, 3.05) is 0 Å². The number of carbonyl (C=O) groups excluding carboxylic acids is 2. The van der Waals surface area contributed by atoms with Crippen LogP contribution in [0.1, 0.15) is 79.1 Å². The van der Waals surface area contributed by atoms with Gasteiger partial charge in [-0.2, -0.15) is 0 Å². The van der Waals surface area contributed by atoms with Gasteiger partial charge in [0, 0.05) is 22.7 Å². The molecule has 216 valence electrons. The van der Waals surface area contributed by atoms with Crippen LogP contribution in [0.25, 0.3) is 0 Å². The number of ether oxygens (including phenoxy) is 2. The Kier molecular flexibility index (Phi) is 6.80. The first-order valence-electron chi connectivity index (χ1n) is 14.3. The van der Waals surface area contributed by atoms with Gasteiger partial charge in [0.25, 0.3) is 0 Å². The number of hydrogen-bond acceptors (Lipinski definition) is 6. The Morgan fingerprint density at radius 2 is 1.79 bits per heavy atom. The molecule has 39 heavy (non-hydrogen) atoms. The molecular weight excluding hydrogens is 510 g/mol. The summed E-state index contributed by atoms with van der Waals surface area (Å²) in [5.74, 6) is -3.74. The van der Waals surface area contributed by atoms with Gasteiger partial charge in [-0.15, -0.1) is 0 Å². The highest BCUT2D eigenvalue weighted by Crippen LogP contribution is 2.71. The molecule has 2 N–H and O–H groups in total. The van der Waals surface area contributed by atoms with E-state index in [0.29, 0.717) is 18.8 Å². The molecule has 0 aromatic rings. The van der Waals surface area contributed by atoms with Gasteiger partial charge in [0.05, 0.1) is 6.10 Å². The molecule has 0 unspecified atom stereocenters. The van der Waals surface area contributed by atoms with Crippen LogP contribution in [-0.4, -0.2) is 57.8 Å². The minimum absolute atomic E-state index is 0.00423. The second-order valence-electron chi connectivity index (χ2n) is 13.1. The third-order valence-corrected chi connectivity index (χ3v) is 11.4. The minimum Gasteiger partial charge on any atom is -0.478 e. The van der Waals surface area contributed by atoms with Crippen LogP contribution in [0.3, 0.4) is 0 Å². The van der Waals surface area contributed by atoms with E-state index in [4.69, 9.17) is 9.47 Å². The summed E-state index contributed by atoms with van der Waals surface area (Å²) < 4.78 is 44.4. The number of carboxylic acid groups (broad SMARTS) is 1. The van der Waals surface area contributed by atoms with Crippen LogP contribution in [-0.2, 0) is 19.1 Å². The van der Waals surface area contributed by atoms with Crippen LogP contribution in [0.15, 0.2) is 23.8 Å². The van der Waals surface area contributed by atoms with Gasteiger partial charge in [-0.3, -0.25) is 4.79 Å². The highest BCUT2D eigenvalue weighted by Gasteiger charge is 2.78. The maximum atomic E-state index is 17.4. The van der Waals surface area contributed by atoms with Gasteiger partial charge in [-0.05, 0) is 81.4 Å². The third-order valence-electron chi connectivity index (χ3n) is 11.4. The number of carbonyl (C=O) groups is 3. The molecule has 9 atom stereocenters. The van der Waals surface area contributed by atoms with Crippen LogP contribution >= 0.6 is 0 Å². The first-order valence-corrected chi connectivity index (χ1v) is 14.3. The zero-order chi connectivity index (χ0) is 28.5.